The van der Waals surface area contributed by atoms with Crippen molar-refractivity contribution in [2.75, 3.05) is 0 Å². The molecule has 0 aromatic carbocycles. The van der Waals surface area contributed by atoms with Crippen LogP contribution in [0.3, 0.4) is 0 Å². The molecule has 0 saturated carbocycles. The van der Waals surface area contributed by atoms with E-state index >= 15 is 0 Å². The Hall–Kier alpha value is -0.263. The van der Waals surface area contributed by atoms with E-state index in [0.717, 1.165) is 0 Å². The Morgan fingerprint density at radius 2 is 1.80 bits per heavy atom. The van der Waals surface area contributed by atoms with Crippen LogP contribution in [0.2, 0.25) is 25.2 Å². The predicted octanol–water partition coefficient (Wildman–Crippen LogP) is 3.66. The van der Waals surface area contributed by atoms with Crippen LogP contribution >= 0.6 is 0 Å². The first-order chi connectivity index (χ1) is 6.67. The summed E-state index contributed by atoms with van der Waals surface area (Å²) in [7, 11) is -1.21. The molecule has 88 valence electrons. The summed E-state index contributed by atoms with van der Waals surface area (Å²) < 4.78 is 0. The summed E-state index contributed by atoms with van der Waals surface area (Å²) in [6.45, 7) is 12.8. The minimum atomic E-state index is -1.21. The van der Waals surface area contributed by atoms with E-state index < -0.39 is 13.7 Å². The average molecular weight is 226 g/mol. The number of hydrogen-bond donors (Lipinski definition) is 1. The maximum atomic E-state index is 9.60. The van der Waals surface area contributed by atoms with Crippen LogP contribution in [0.1, 0.15) is 40.0 Å². The first kappa shape index (κ1) is 14.7. The molecule has 0 aliphatic rings. The van der Waals surface area contributed by atoms with Gasteiger partial charge in [0.05, 0.1) is 8.07 Å². The molecule has 1 atom stereocenters. The Labute approximate surface area is 96.3 Å². The lowest BCUT2D eigenvalue weighted by molar-refractivity contribution is 0.143. The third kappa shape index (κ3) is 7.64. The number of aliphatic hydroxyl groups is 1. The molecule has 0 heterocycles. The lowest BCUT2D eigenvalue weighted by Gasteiger charge is -2.24. The predicted molar refractivity (Wildman–Crippen MR) is 70.7 cm³/mol. The van der Waals surface area contributed by atoms with Crippen molar-refractivity contribution in [3.63, 3.8) is 0 Å². The summed E-state index contributed by atoms with van der Waals surface area (Å²) in [5.41, 5.74) is -0.326. The van der Waals surface area contributed by atoms with Gasteiger partial charge in [0.15, 0.2) is 0 Å². The van der Waals surface area contributed by atoms with Crippen LogP contribution in [-0.2, 0) is 0 Å². The summed E-state index contributed by atoms with van der Waals surface area (Å²) in [5, 5.41) is 9.60. The standard InChI is InChI=1S/C13H26OSi/c1-7-8-9-12(15(4,5)6)10-11-13(2,3)14/h12,14H,7-9H2,1-6H3. The minimum absolute atomic E-state index is 0.517. The lowest BCUT2D eigenvalue weighted by Crippen LogP contribution is -2.28. The fourth-order valence-corrected chi connectivity index (χ4v) is 2.97. The van der Waals surface area contributed by atoms with Crippen molar-refractivity contribution in [2.24, 2.45) is 0 Å². The fraction of sp³-hybridized carbons (Fsp3) is 0.846. The third-order valence-electron chi connectivity index (χ3n) is 2.44. The van der Waals surface area contributed by atoms with E-state index in [0.29, 0.717) is 5.54 Å². The summed E-state index contributed by atoms with van der Waals surface area (Å²) >= 11 is 0. The van der Waals surface area contributed by atoms with Crippen LogP contribution in [0.4, 0.5) is 0 Å². The van der Waals surface area contributed by atoms with Crippen molar-refractivity contribution < 1.29 is 5.11 Å². The Morgan fingerprint density at radius 3 is 2.13 bits per heavy atom. The second-order valence-corrected chi connectivity index (χ2v) is 11.3. The van der Waals surface area contributed by atoms with Crippen molar-refractivity contribution >= 4 is 8.07 Å². The Bertz CT molecular complexity index is 234. The molecule has 0 aromatic heterocycles. The lowest BCUT2D eigenvalue weighted by atomic mass is 10.1. The van der Waals surface area contributed by atoms with Gasteiger partial charge in [0.1, 0.15) is 5.60 Å². The van der Waals surface area contributed by atoms with Gasteiger partial charge in [-0.15, -0.1) is 5.92 Å². The summed E-state index contributed by atoms with van der Waals surface area (Å²) in [6, 6.07) is 0. The molecule has 0 fully saturated rings. The Kier molecular flexibility index (Phi) is 5.62. The normalized spacial score (nSPS) is 14.3. The first-order valence-corrected chi connectivity index (χ1v) is 9.49. The molecule has 0 rings (SSSR count). The number of unbranched alkanes of at least 4 members (excludes halogenated alkanes) is 1. The molecular formula is C13H26OSi. The first-order valence-electron chi connectivity index (χ1n) is 5.92. The van der Waals surface area contributed by atoms with Gasteiger partial charge < -0.3 is 5.11 Å². The fourth-order valence-electron chi connectivity index (χ4n) is 1.39. The molecule has 0 radical (unpaired) electrons. The highest BCUT2D eigenvalue weighted by Gasteiger charge is 2.24. The van der Waals surface area contributed by atoms with Gasteiger partial charge in [0, 0.05) is 5.54 Å². The zero-order valence-corrected chi connectivity index (χ0v) is 12.1. The van der Waals surface area contributed by atoms with Gasteiger partial charge in [0.2, 0.25) is 0 Å². The van der Waals surface area contributed by atoms with Gasteiger partial charge >= 0.3 is 0 Å². The topological polar surface area (TPSA) is 20.2 Å². The molecule has 1 unspecified atom stereocenters. The molecule has 0 aliphatic heterocycles. The average Bonchev–Trinajstić information content (AvgIpc) is 1.99. The maximum Gasteiger partial charge on any atom is 0.119 e. The molecular weight excluding hydrogens is 200 g/mol. The van der Waals surface area contributed by atoms with E-state index in [-0.39, 0.29) is 0 Å². The minimum Gasteiger partial charge on any atom is -0.378 e. The third-order valence-corrected chi connectivity index (χ3v) is 4.97. The quantitative estimate of drug-likeness (QED) is 0.573. The van der Waals surface area contributed by atoms with Gasteiger partial charge in [-0.05, 0) is 20.3 Å². The van der Waals surface area contributed by atoms with E-state index in [9.17, 15) is 5.11 Å². The molecule has 0 amide bonds. The van der Waals surface area contributed by atoms with Gasteiger partial charge in [-0.1, -0.05) is 45.3 Å². The monoisotopic (exact) mass is 226 g/mol. The van der Waals surface area contributed by atoms with Gasteiger partial charge in [0.25, 0.3) is 0 Å². The van der Waals surface area contributed by atoms with Crippen molar-refractivity contribution in [1.29, 1.82) is 0 Å². The largest absolute Gasteiger partial charge is 0.378 e. The van der Waals surface area contributed by atoms with E-state index in [1.54, 1.807) is 13.8 Å². The van der Waals surface area contributed by atoms with Crippen LogP contribution in [0.5, 0.6) is 0 Å². The smallest absolute Gasteiger partial charge is 0.119 e. The van der Waals surface area contributed by atoms with Crippen LogP contribution < -0.4 is 0 Å². The van der Waals surface area contributed by atoms with Gasteiger partial charge in [-0.25, -0.2) is 0 Å². The zero-order chi connectivity index (χ0) is 12.1. The van der Waals surface area contributed by atoms with E-state index in [4.69, 9.17) is 0 Å². The molecule has 0 spiro atoms. The second kappa shape index (κ2) is 5.72. The SMILES string of the molecule is CCCCC(C#CC(C)(C)O)[Si](C)(C)C. The van der Waals surface area contributed by atoms with E-state index in [1.165, 1.54) is 19.3 Å². The molecule has 1 nitrogen and oxygen atoms in total. The number of rotatable bonds is 4. The Morgan fingerprint density at radius 1 is 1.27 bits per heavy atom. The van der Waals surface area contributed by atoms with Crippen LogP contribution in [-0.4, -0.2) is 18.8 Å². The molecule has 1 N–H and O–H groups in total. The summed E-state index contributed by atoms with van der Waals surface area (Å²) in [5.74, 6) is 6.27. The van der Waals surface area contributed by atoms with Crippen molar-refractivity contribution in [3.05, 3.63) is 0 Å². The molecule has 0 saturated heterocycles. The van der Waals surface area contributed by atoms with E-state index in [1.807, 2.05) is 0 Å². The molecule has 15 heavy (non-hydrogen) atoms. The van der Waals surface area contributed by atoms with Gasteiger partial charge in [-0.2, -0.15) is 0 Å². The van der Waals surface area contributed by atoms with Gasteiger partial charge in [-0.3, -0.25) is 0 Å². The highest BCUT2D eigenvalue weighted by Crippen LogP contribution is 2.26. The zero-order valence-electron chi connectivity index (χ0n) is 11.1. The molecule has 0 aromatic rings. The highest BCUT2D eigenvalue weighted by atomic mass is 28.3. The molecule has 0 bridgehead atoms. The molecule has 2 heteroatoms. The van der Waals surface area contributed by atoms with Crippen LogP contribution in [0.25, 0.3) is 0 Å². The summed E-state index contributed by atoms with van der Waals surface area (Å²) in [6.07, 6.45) is 3.66. The van der Waals surface area contributed by atoms with E-state index in [2.05, 4.69) is 38.4 Å². The van der Waals surface area contributed by atoms with Crippen LogP contribution in [0, 0.1) is 11.8 Å². The molecule has 0 aliphatic carbocycles. The highest BCUT2D eigenvalue weighted by molar-refractivity contribution is 6.78. The second-order valence-electron chi connectivity index (χ2n) is 5.89. The van der Waals surface area contributed by atoms with Crippen molar-refractivity contribution in [1.82, 2.24) is 0 Å². The summed E-state index contributed by atoms with van der Waals surface area (Å²) in [4.78, 5) is 0. The van der Waals surface area contributed by atoms with Crippen molar-refractivity contribution in [3.8, 4) is 11.8 Å². The van der Waals surface area contributed by atoms with Crippen LogP contribution in [0.15, 0.2) is 0 Å². The number of hydrogen-bond acceptors (Lipinski definition) is 1. The maximum absolute atomic E-state index is 9.60. The Balaban J connectivity index is 4.57. The van der Waals surface area contributed by atoms with Crippen molar-refractivity contribution in [2.45, 2.75) is 70.8 Å².